The molecular formula is C30H33BINO2. The lowest BCUT2D eigenvalue weighted by molar-refractivity contribution is 0.00578. The second-order valence-corrected chi connectivity index (χ2v) is 13.3. The standard InChI is InChI=1S/C30H33BINO2/c1-6-29-16-9-17-30(29,32)25-18-20(12-14-23(25)22-10-7-8-11-24(22)29)26-15-13-21(19-33-26)31-34-27(2,3)28(4,5)35-31/h7-8,10-15,18-19H,6,9,16-17H2,1-5H3/t29-,30-/m1/s1. The summed E-state index contributed by atoms with van der Waals surface area (Å²) in [5.41, 5.74) is 8.44. The maximum atomic E-state index is 6.22. The summed E-state index contributed by atoms with van der Waals surface area (Å²) in [6, 6.07) is 20.3. The smallest absolute Gasteiger partial charge is 0.399 e. The normalized spacial score (nSPS) is 27.9. The molecule has 3 aliphatic rings. The van der Waals surface area contributed by atoms with E-state index in [1.807, 2.05) is 6.20 Å². The number of rotatable bonds is 3. The topological polar surface area (TPSA) is 31.4 Å². The number of nitrogens with zero attached hydrogens (tertiary/aromatic N) is 1. The molecule has 0 N–H and O–H groups in total. The lowest BCUT2D eigenvalue weighted by Gasteiger charge is -2.48. The lowest BCUT2D eigenvalue weighted by Crippen LogP contribution is -2.43. The molecule has 0 spiro atoms. The van der Waals surface area contributed by atoms with Crippen LogP contribution in [-0.4, -0.2) is 23.3 Å². The van der Waals surface area contributed by atoms with E-state index in [0.717, 1.165) is 17.6 Å². The molecule has 0 bridgehead atoms. The Morgan fingerprint density at radius 2 is 1.60 bits per heavy atom. The van der Waals surface area contributed by atoms with Crippen LogP contribution in [0.2, 0.25) is 0 Å². The van der Waals surface area contributed by atoms with Crippen LogP contribution in [0.15, 0.2) is 60.8 Å². The summed E-state index contributed by atoms with van der Waals surface area (Å²) >= 11 is 2.80. The highest BCUT2D eigenvalue weighted by atomic mass is 127. The van der Waals surface area contributed by atoms with Crippen LogP contribution in [0, 0.1) is 0 Å². The van der Waals surface area contributed by atoms with E-state index in [9.17, 15) is 0 Å². The van der Waals surface area contributed by atoms with Crippen LogP contribution in [0.1, 0.15) is 71.4 Å². The van der Waals surface area contributed by atoms with E-state index in [2.05, 4.69) is 112 Å². The Hall–Kier alpha value is -1.70. The maximum absolute atomic E-state index is 6.22. The molecular weight excluding hydrogens is 544 g/mol. The maximum Gasteiger partial charge on any atom is 0.496 e. The molecule has 2 fully saturated rings. The summed E-state index contributed by atoms with van der Waals surface area (Å²) < 4.78 is 12.6. The summed E-state index contributed by atoms with van der Waals surface area (Å²) in [5, 5.41) is 0. The van der Waals surface area contributed by atoms with Gasteiger partial charge in [0.2, 0.25) is 0 Å². The van der Waals surface area contributed by atoms with Crippen LogP contribution in [0.25, 0.3) is 22.4 Å². The van der Waals surface area contributed by atoms with Crippen molar-refractivity contribution in [3.63, 3.8) is 0 Å². The first-order chi connectivity index (χ1) is 16.6. The van der Waals surface area contributed by atoms with Crippen molar-refractivity contribution < 1.29 is 9.31 Å². The van der Waals surface area contributed by atoms with Crippen LogP contribution in [-0.2, 0) is 18.1 Å². The Morgan fingerprint density at radius 1 is 0.886 bits per heavy atom. The fourth-order valence-electron chi connectivity index (χ4n) is 6.56. The molecule has 5 heteroatoms. The van der Waals surface area contributed by atoms with Gasteiger partial charge in [-0.1, -0.05) is 78.4 Å². The van der Waals surface area contributed by atoms with Gasteiger partial charge >= 0.3 is 7.12 Å². The van der Waals surface area contributed by atoms with Crippen molar-refractivity contribution in [3.05, 3.63) is 71.9 Å². The van der Waals surface area contributed by atoms with Crippen molar-refractivity contribution >= 4 is 35.2 Å². The Kier molecular flexibility index (Phi) is 5.35. The average Bonchev–Trinajstić information content (AvgIpc) is 3.32. The van der Waals surface area contributed by atoms with Crippen molar-refractivity contribution in [2.24, 2.45) is 0 Å². The van der Waals surface area contributed by atoms with E-state index in [1.165, 1.54) is 41.5 Å². The second-order valence-electron chi connectivity index (χ2n) is 11.5. The van der Waals surface area contributed by atoms with Gasteiger partial charge in [0.15, 0.2) is 0 Å². The molecule has 3 aromatic rings. The molecule has 3 nitrogen and oxygen atoms in total. The highest BCUT2D eigenvalue weighted by Gasteiger charge is 2.57. The van der Waals surface area contributed by atoms with E-state index in [1.54, 1.807) is 5.56 Å². The number of halogens is 1. The molecule has 2 atom stereocenters. The molecule has 1 aromatic heterocycles. The number of pyridine rings is 1. The van der Waals surface area contributed by atoms with E-state index < -0.39 is 0 Å². The lowest BCUT2D eigenvalue weighted by atomic mass is 9.61. The van der Waals surface area contributed by atoms with Gasteiger partial charge in [-0.05, 0) is 81.3 Å². The highest BCUT2D eigenvalue weighted by molar-refractivity contribution is 14.1. The van der Waals surface area contributed by atoms with E-state index in [4.69, 9.17) is 14.3 Å². The molecule has 1 saturated carbocycles. The predicted octanol–water partition coefficient (Wildman–Crippen LogP) is 7.19. The Labute approximate surface area is 223 Å². The number of alkyl halides is 1. The van der Waals surface area contributed by atoms with Gasteiger partial charge in [-0.15, -0.1) is 0 Å². The van der Waals surface area contributed by atoms with Gasteiger partial charge in [0.05, 0.1) is 20.3 Å². The number of hydrogen-bond donors (Lipinski definition) is 0. The SMILES string of the molecule is CC[C@]12CCC[C@@]1(I)c1cc(-c3ccc(B4OC(C)(C)C(C)(C)O4)cn3)ccc1-c1ccccc12. The van der Waals surface area contributed by atoms with Crippen LogP contribution < -0.4 is 5.46 Å². The van der Waals surface area contributed by atoms with Gasteiger partial charge < -0.3 is 9.31 Å². The second kappa shape index (κ2) is 7.90. The summed E-state index contributed by atoms with van der Waals surface area (Å²) in [7, 11) is -0.386. The number of benzene rings is 2. The molecule has 35 heavy (non-hydrogen) atoms. The molecule has 0 radical (unpaired) electrons. The summed E-state index contributed by atoms with van der Waals surface area (Å²) in [4.78, 5) is 4.87. The Bertz CT molecular complexity index is 1290. The third-order valence-electron chi connectivity index (χ3n) is 9.27. The molecule has 0 amide bonds. The van der Waals surface area contributed by atoms with Crippen LogP contribution in [0.5, 0.6) is 0 Å². The van der Waals surface area contributed by atoms with Gasteiger partial charge in [0.1, 0.15) is 0 Å². The van der Waals surface area contributed by atoms with Gasteiger partial charge in [-0.3, -0.25) is 4.98 Å². The minimum absolute atomic E-state index is 0.113. The minimum Gasteiger partial charge on any atom is -0.399 e. The van der Waals surface area contributed by atoms with Gasteiger partial charge in [0, 0.05) is 22.6 Å². The number of aromatic nitrogens is 1. The zero-order valence-corrected chi connectivity index (χ0v) is 23.5. The molecule has 1 saturated heterocycles. The van der Waals surface area contributed by atoms with E-state index in [0.29, 0.717) is 0 Å². The average molecular weight is 577 g/mol. The first kappa shape index (κ1) is 23.7. The van der Waals surface area contributed by atoms with E-state index >= 15 is 0 Å². The van der Waals surface area contributed by atoms with Crippen molar-refractivity contribution in [3.8, 4) is 22.4 Å². The first-order valence-corrected chi connectivity index (χ1v) is 14.0. The van der Waals surface area contributed by atoms with Crippen molar-refractivity contribution in [1.29, 1.82) is 0 Å². The van der Waals surface area contributed by atoms with Crippen molar-refractivity contribution in [2.45, 2.75) is 80.3 Å². The molecule has 2 aromatic carbocycles. The monoisotopic (exact) mass is 577 g/mol. The molecule has 2 heterocycles. The molecule has 0 unspecified atom stereocenters. The highest BCUT2D eigenvalue weighted by Crippen LogP contribution is 2.66. The quantitative estimate of drug-likeness (QED) is 0.188. The third-order valence-corrected chi connectivity index (χ3v) is 11.4. The fourth-order valence-corrected chi connectivity index (χ4v) is 8.32. The summed E-state index contributed by atoms with van der Waals surface area (Å²) in [6.45, 7) is 10.7. The molecule has 1 aliphatic heterocycles. The van der Waals surface area contributed by atoms with Crippen molar-refractivity contribution in [2.75, 3.05) is 0 Å². The van der Waals surface area contributed by atoms with Crippen LogP contribution >= 0.6 is 22.6 Å². The molecule has 6 rings (SSSR count). The van der Waals surface area contributed by atoms with Crippen LogP contribution in [0.4, 0.5) is 0 Å². The molecule has 180 valence electrons. The van der Waals surface area contributed by atoms with E-state index in [-0.39, 0.29) is 27.2 Å². The minimum atomic E-state index is -0.386. The zero-order chi connectivity index (χ0) is 24.6. The number of fused-ring (bicyclic) bond motifs is 6. The zero-order valence-electron chi connectivity index (χ0n) is 21.3. The Balaban J connectivity index is 1.40. The Morgan fingerprint density at radius 3 is 2.29 bits per heavy atom. The molecule has 2 aliphatic carbocycles. The summed E-state index contributed by atoms with van der Waals surface area (Å²) in [5.74, 6) is 0. The third kappa shape index (κ3) is 3.27. The van der Waals surface area contributed by atoms with Crippen LogP contribution in [0.3, 0.4) is 0 Å². The predicted molar refractivity (Wildman–Crippen MR) is 152 cm³/mol. The van der Waals surface area contributed by atoms with Gasteiger partial charge in [0.25, 0.3) is 0 Å². The fraction of sp³-hybridized carbons (Fsp3) is 0.433. The number of hydrogen-bond acceptors (Lipinski definition) is 3. The first-order valence-electron chi connectivity index (χ1n) is 12.9. The van der Waals surface area contributed by atoms with Gasteiger partial charge in [-0.2, -0.15) is 0 Å². The van der Waals surface area contributed by atoms with Crippen molar-refractivity contribution in [1.82, 2.24) is 4.98 Å². The van der Waals surface area contributed by atoms with Gasteiger partial charge in [-0.25, -0.2) is 0 Å². The summed E-state index contributed by atoms with van der Waals surface area (Å²) in [6.07, 6.45) is 6.83. The largest absolute Gasteiger partial charge is 0.496 e.